The van der Waals surface area contributed by atoms with Crippen molar-refractivity contribution in [1.29, 1.82) is 0 Å². The molecule has 11 heteroatoms. The third kappa shape index (κ3) is 4.74. The number of nitrogens with zero attached hydrogens (tertiary/aromatic N) is 3. The summed E-state index contributed by atoms with van der Waals surface area (Å²) >= 11 is 6.51. The molecule has 0 saturated heterocycles. The molecular weight excluding hydrogens is 502 g/mol. The summed E-state index contributed by atoms with van der Waals surface area (Å²) in [5.41, 5.74) is 6.66. The van der Waals surface area contributed by atoms with E-state index in [0.29, 0.717) is 39.6 Å². The van der Waals surface area contributed by atoms with Gasteiger partial charge < -0.3 is 15.8 Å². The van der Waals surface area contributed by atoms with Crippen LogP contribution in [0.1, 0.15) is 25.7 Å². The smallest absolute Gasteiger partial charge is 0.404 e. The zero-order valence-corrected chi connectivity index (χ0v) is 20.7. The van der Waals surface area contributed by atoms with Gasteiger partial charge >= 0.3 is 6.09 Å². The third-order valence-electron chi connectivity index (χ3n) is 6.22. The van der Waals surface area contributed by atoms with Gasteiger partial charge in [-0.1, -0.05) is 48.0 Å². The lowest BCUT2D eigenvalue weighted by Crippen LogP contribution is -2.34. The Labute approximate surface area is 213 Å². The van der Waals surface area contributed by atoms with Crippen molar-refractivity contribution < 1.29 is 17.9 Å². The molecule has 0 spiro atoms. The minimum Gasteiger partial charge on any atom is -0.446 e. The summed E-state index contributed by atoms with van der Waals surface area (Å²) in [5, 5.41) is 4.28. The van der Waals surface area contributed by atoms with Crippen LogP contribution < -0.4 is 11.1 Å². The Bertz CT molecular complexity index is 1520. The first kappa shape index (κ1) is 24.1. The van der Waals surface area contributed by atoms with E-state index in [9.17, 15) is 13.2 Å². The number of rotatable bonds is 6. The van der Waals surface area contributed by atoms with Gasteiger partial charge in [0.1, 0.15) is 6.10 Å². The summed E-state index contributed by atoms with van der Waals surface area (Å²) in [7, 11) is -3.85. The van der Waals surface area contributed by atoms with E-state index in [0.717, 1.165) is 19.3 Å². The lowest BCUT2D eigenvalue weighted by molar-refractivity contribution is 0.0796. The van der Waals surface area contributed by atoms with Crippen molar-refractivity contribution in [2.75, 3.05) is 5.32 Å². The fourth-order valence-electron chi connectivity index (χ4n) is 4.60. The molecule has 0 aliphatic heterocycles. The second-order valence-corrected chi connectivity index (χ2v) is 10.9. The number of fused-ring (bicyclic) bond motifs is 1. The van der Waals surface area contributed by atoms with Gasteiger partial charge in [-0.05, 0) is 37.5 Å². The van der Waals surface area contributed by atoms with E-state index in [1.165, 1.54) is 10.2 Å². The molecular formula is C25H24ClN5O4S. The molecule has 2 aromatic heterocycles. The molecule has 4 aromatic rings. The number of para-hydroxylation sites is 1. The van der Waals surface area contributed by atoms with Crippen LogP contribution in [0.25, 0.3) is 22.2 Å². The molecule has 5 rings (SSSR count). The van der Waals surface area contributed by atoms with Crippen molar-refractivity contribution in [3.05, 3.63) is 72.0 Å². The Morgan fingerprint density at radius 1 is 1.11 bits per heavy atom. The predicted octanol–water partition coefficient (Wildman–Crippen LogP) is 4.81. The van der Waals surface area contributed by atoms with Crippen molar-refractivity contribution in [3.63, 3.8) is 0 Å². The number of hydrogen-bond donors (Lipinski definition) is 2. The van der Waals surface area contributed by atoms with Crippen LogP contribution in [-0.4, -0.2) is 40.6 Å². The number of benzene rings is 2. The third-order valence-corrected chi connectivity index (χ3v) is 8.18. The molecule has 1 aliphatic carbocycles. The molecule has 0 radical (unpaired) electrons. The Morgan fingerprint density at radius 3 is 2.64 bits per heavy atom. The second-order valence-electron chi connectivity index (χ2n) is 8.63. The lowest BCUT2D eigenvalue weighted by atomic mass is 9.93. The van der Waals surface area contributed by atoms with Crippen LogP contribution in [0.5, 0.6) is 0 Å². The van der Waals surface area contributed by atoms with Crippen molar-refractivity contribution in [1.82, 2.24) is 13.9 Å². The van der Waals surface area contributed by atoms with Gasteiger partial charge in [-0.25, -0.2) is 27.2 Å². The van der Waals surface area contributed by atoms with Gasteiger partial charge in [0.2, 0.25) is 5.95 Å². The van der Waals surface area contributed by atoms with Crippen molar-refractivity contribution in [2.45, 2.75) is 42.7 Å². The van der Waals surface area contributed by atoms with Crippen LogP contribution in [0.4, 0.5) is 10.7 Å². The molecule has 36 heavy (non-hydrogen) atoms. The molecule has 1 amide bonds. The molecule has 3 N–H and O–H groups in total. The Morgan fingerprint density at radius 2 is 1.86 bits per heavy atom. The Hall–Kier alpha value is -3.63. The predicted molar refractivity (Wildman–Crippen MR) is 137 cm³/mol. The van der Waals surface area contributed by atoms with Gasteiger partial charge in [0.15, 0.2) is 0 Å². The number of carbonyl (C=O) groups excluding carboxylic acids is 1. The van der Waals surface area contributed by atoms with Gasteiger partial charge in [0.05, 0.1) is 27.3 Å². The van der Waals surface area contributed by atoms with Gasteiger partial charge in [0, 0.05) is 29.6 Å². The number of hydrogen-bond acceptors (Lipinski definition) is 7. The van der Waals surface area contributed by atoms with E-state index < -0.39 is 16.1 Å². The highest BCUT2D eigenvalue weighted by molar-refractivity contribution is 7.90. The van der Waals surface area contributed by atoms with E-state index in [2.05, 4.69) is 15.3 Å². The minimum absolute atomic E-state index is 0.0167. The summed E-state index contributed by atoms with van der Waals surface area (Å²) < 4.78 is 33.3. The molecule has 0 bridgehead atoms. The van der Waals surface area contributed by atoms with Crippen molar-refractivity contribution >= 4 is 44.6 Å². The summed E-state index contributed by atoms with van der Waals surface area (Å²) in [5.74, 6) is 0.349. The SMILES string of the molecule is NC(=O)OC1CCCC(Nc2ncc(Cl)c(-c3cn(S(=O)(=O)c4ccccc4)c4ccccc34)n2)C1. The van der Waals surface area contributed by atoms with E-state index in [1.54, 1.807) is 48.7 Å². The molecule has 186 valence electrons. The maximum absolute atomic E-state index is 13.5. The normalized spacial score (nSPS) is 18.1. The first-order valence-corrected chi connectivity index (χ1v) is 13.3. The van der Waals surface area contributed by atoms with Gasteiger partial charge in [-0.15, -0.1) is 0 Å². The number of nitrogens with one attached hydrogen (secondary N) is 1. The number of aromatic nitrogens is 3. The number of primary amides is 1. The highest BCUT2D eigenvalue weighted by Crippen LogP contribution is 2.36. The average molecular weight is 526 g/mol. The molecule has 2 atom stereocenters. The topological polar surface area (TPSA) is 129 Å². The monoisotopic (exact) mass is 525 g/mol. The Balaban J connectivity index is 1.52. The molecule has 2 heterocycles. The van der Waals surface area contributed by atoms with Crippen LogP contribution in [0.2, 0.25) is 5.02 Å². The maximum Gasteiger partial charge on any atom is 0.404 e. The van der Waals surface area contributed by atoms with E-state index in [-0.39, 0.29) is 17.0 Å². The number of carbonyl (C=O) groups is 1. The van der Waals surface area contributed by atoms with E-state index >= 15 is 0 Å². The van der Waals surface area contributed by atoms with Crippen LogP contribution >= 0.6 is 11.6 Å². The van der Waals surface area contributed by atoms with Crippen molar-refractivity contribution in [3.8, 4) is 11.3 Å². The van der Waals surface area contributed by atoms with Crippen LogP contribution in [0.3, 0.4) is 0 Å². The Kier molecular flexibility index (Phi) is 6.55. The number of ether oxygens (including phenoxy) is 1. The zero-order valence-electron chi connectivity index (χ0n) is 19.2. The molecule has 1 aliphatic rings. The van der Waals surface area contributed by atoms with Crippen LogP contribution in [0.15, 0.2) is 71.9 Å². The van der Waals surface area contributed by atoms with E-state index in [1.807, 2.05) is 12.1 Å². The van der Waals surface area contributed by atoms with Gasteiger partial charge in [0.25, 0.3) is 10.0 Å². The summed E-state index contributed by atoms with van der Waals surface area (Å²) in [6, 6.07) is 15.4. The first-order valence-electron chi connectivity index (χ1n) is 11.5. The first-order chi connectivity index (χ1) is 17.3. The highest BCUT2D eigenvalue weighted by atomic mass is 35.5. The molecule has 1 saturated carbocycles. The van der Waals surface area contributed by atoms with Gasteiger partial charge in [-0.2, -0.15) is 0 Å². The number of nitrogens with two attached hydrogens (primary N) is 1. The fourth-order valence-corrected chi connectivity index (χ4v) is 6.18. The summed E-state index contributed by atoms with van der Waals surface area (Å²) in [6.07, 6.45) is 5.04. The molecule has 2 aromatic carbocycles. The zero-order chi connectivity index (χ0) is 25.3. The van der Waals surface area contributed by atoms with Gasteiger partial charge in [-0.3, -0.25) is 0 Å². The highest BCUT2D eigenvalue weighted by Gasteiger charge is 2.26. The second kappa shape index (κ2) is 9.79. The van der Waals surface area contributed by atoms with Crippen molar-refractivity contribution in [2.24, 2.45) is 5.73 Å². The largest absolute Gasteiger partial charge is 0.446 e. The standard InChI is InChI=1S/C25H24ClN5O4S/c26-21-14-28-25(29-16-7-6-8-17(13-16)35-24(27)32)30-23(21)20-15-31(22-12-5-4-11-19(20)22)36(33,34)18-9-2-1-3-10-18/h1-5,9-12,14-17H,6-8,13H2,(H2,27,32)(H,28,29,30). The molecule has 2 unspecified atom stereocenters. The van der Waals surface area contributed by atoms with E-state index in [4.69, 9.17) is 22.1 Å². The maximum atomic E-state index is 13.5. The number of anilines is 1. The summed E-state index contributed by atoms with van der Waals surface area (Å²) in [4.78, 5) is 20.3. The average Bonchev–Trinajstić information content (AvgIpc) is 3.26. The summed E-state index contributed by atoms with van der Waals surface area (Å²) in [6.45, 7) is 0. The number of halogens is 1. The van der Waals surface area contributed by atoms with Crippen LogP contribution in [0, 0.1) is 0 Å². The molecule has 1 fully saturated rings. The fraction of sp³-hybridized carbons (Fsp3) is 0.240. The number of amides is 1. The minimum atomic E-state index is -3.85. The quantitative estimate of drug-likeness (QED) is 0.369. The lowest BCUT2D eigenvalue weighted by Gasteiger charge is -2.29. The van der Waals surface area contributed by atoms with Crippen LogP contribution in [-0.2, 0) is 14.8 Å². The molecule has 9 nitrogen and oxygen atoms in total.